The van der Waals surface area contributed by atoms with Crippen LogP contribution in [0, 0.1) is 22.7 Å². The Morgan fingerprint density at radius 3 is 1.30 bits per heavy atom. The first-order valence-corrected chi connectivity index (χ1v) is 43.5. The average molecular weight is 1010 g/mol. The summed E-state index contributed by atoms with van der Waals surface area (Å²) >= 11 is -5.15. The molecule has 0 aliphatic heterocycles. The Labute approximate surface area is 408 Å². The van der Waals surface area contributed by atoms with Crippen molar-refractivity contribution >= 4 is 35.1 Å². The zero-order valence-corrected chi connectivity index (χ0v) is 45.6. The van der Waals surface area contributed by atoms with Gasteiger partial charge in [-0.1, -0.05) is 0 Å². The quantitative estimate of drug-likeness (QED) is 0.117. The minimum absolute atomic E-state index is 0.156. The van der Waals surface area contributed by atoms with Crippen molar-refractivity contribution in [1.29, 1.82) is 0 Å². The normalized spacial score (nSPS) is 30.5. The molecule has 12 rings (SSSR count). The van der Waals surface area contributed by atoms with Gasteiger partial charge in [-0.25, -0.2) is 0 Å². The molecule has 0 radical (unpaired) electrons. The van der Waals surface area contributed by atoms with Crippen molar-refractivity contribution in [1.82, 2.24) is 0 Å². The van der Waals surface area contributed by atoms with E-state index in [1.165, 1.54) is 198 Å². The van der Waals surface area contributed by atoms with E-state index in [1.807, 2.05) is 0 Å². The van der Waals surface area contributed by atoms with Crippen molar-refractivity contribution in [2.45, 2.75) is 186 Å². The van der Waals surface area contributed by atoms with Crippen LogP contribution in [0.15, 0.2) is 96.1 Å². The van der Waals surface area contributed by atoms with Crippen LogP contribution in [0.25, 0.3) is 34.4 Å². The molecule has 4 bridgehead atoms. The molecule has 6 saturated carbocycles. The summed E-state index contributed by atoms with van der Waals surface area (Å²) in [5, 5.41) is 0. The summed E-state index contributed by atoms with van der Waals surface area (Å²) in [5.41, 5.74) is 18.6. The first kappa shape index (κ1) is 45.2. The molecule has 6 fully saturated rings. The molecule has 4 aromatic carbocycles. The van der Waals surface area contributed by atoms with Gasteiger partial charge in [0.1, 0.15) is 0 Å². The molecule has 347 valence electrons. The van der Waals surface area contributed by atoms with Gasteiger partial charge in [0, 0.05) is 0 Å². The monoisotopic (exact) mass is 1010 g/mol. The van der Waals surface area contributed by atoms with Gasteiger partial charge in [0.05, 0.1) is 0 Å². The Hall–Kier alpha value is -1.96. The molecule has 3 unspecified atom stereocenters. The van der Waals surface area contributed by atoms with E-state index in [9.17, 15) is 17.0 Å². The van der Waals surface area contributed by atoms with Gasteiger partial charge in [0.15, 0.2) is 0 Å². The Balaban J connectivity index is 1.02. The third kappa shape index (κ3) is 7.72. The molecule has 0 aromatic heterocycles. The Morgan fingerprint density at radius 2 is 0.939 bits per heavy atom. The summed E-state index contributed by atoms with van der Waals surface area (Å²) < 4.78 is 0.312. The molecule has 8 aliphatic rings. The van der Waals surface area contributed by atoms with Crippen LogP contribution >= 0.6 is 17.0 Å². The molecule has 0 saturated heterocycles. The van der Waals surface area contributed by atoms with Gasteiger partial charge in [-0.3, -0.25) is 0 Å². The van der Waals surface area contributed by atoms with E-state index in [-0.39, 0.29) is 7.25 Å². The zero-order valence-electron chi connectivity index (χ0n) is 40.5. The molecular formula is C62H77Cl2SiZr. The van der Waals surface area contributed by atoms with E-state index in [1.54, 1.807) is 22.3 Å². The second-order valence-electron chi connectivity index (χ2n) is 24.4. The van der Waals surface area contributed by atoms with Crippen molar-refractivity contribution < 1.29 is 15.6 Å². The standard InChI is InChI=1S/2C29H33.C4H11Si.2ClH.Zr/c2*1-2-5-23(6-3-1)24-9-11-25(12-10-24)27-8-4-7-26-17-22(18-28(26)27)20-29-15-13-21(19-29)14-16-29;1-3-4-5-2;;;/h2*4,7-12,17-18,21,23H,1-3,5-6,13-16,19-20H2;5H,3-4H2,1-2H3;2*1H;/q;;;;;+2/p-2. The van der Waals surface area contributed by atoms with Crippen LogP contribution in [0.1, 0.15) is 207 Å². The molecule has 0 spiro atoms. The van der Waals surface area contributed by atoms with Crippen molar-refractivity contribution in [2.24, 2.45) is 22.7 Å². The summed E-state index contributed by atoms with van der Waals surface area (Å²) in [6.07, 6.45) is 36.7. The third-order valence-corrected chi connectivity index (χ3v) is 71.0. The fraction of sp³-hybridized carbons (Fsp3) is 0.548. The second-order valence-corrected chi connectivity index (χ2v) is 65.7. The number of halogens is 2. The van der Waals surface area contributed by atoms with Gasteiger partial charge < -0.3 is 0 Å². The molecule has 0 heterocycles. The van der Waals surface area contributed by atoms with Gasteiger partial charge >= 0.3 is 411 Å². The number of benzene rings is 4. The van der Waals surface area contributed by atoms with Crippen LogP contribution < -0.4 is 0 Å². The maximum atomic E-state index is 9.52. The van der Waals surface area contributed by atoms with Crippen LogP contribution in [0.4, 0.5) is 0 Å². The molecule has 4 heteroatoms. The zero-order chi connectivity index (χ0) is 44.7. The van der Waals surface area contributed by atoms with Crippen LogP contribution in [0.5, 0.6) is 0 Å². The minimum atomic E-state index is -5.15. The van der Waals surface area contributed by atoms with Gasteiger partial charge in [-0.05, 0) is 0 Å². The molecule has 0 nitrogen and oxygen atoms in total. The van der Waals surface area contributed by atoms with Crippen LogP contribution in [0.3, 0.4) is 0 Å². The summed E-state index contributed by atoms with van der Waals surface area (Å²) in [6.45, 7) is 5.10. The van der Waals surface area contributed by atoms with Crippen LogP contribution in [-0.4, -0.2) is 5.92 Å². The molecule has 0 amide bonds. The summed E-state index contributed by atoms with van der Waals surface area (Å²) in [7, 11) is 19.0. The van der Waals surface area contributed by atoms with E-state index in [4.69, 9.17) is 0 Å². The first-order chi connectivity index (χ1) is 32.1. The predicted molar refractivity (Wildman–Crippen MR) is 284 cm³/mol. The molecule has 66 heavy (non-hydrogen) atoms. The molecular weight excluding hydrogens is 935 g/mol. The van der Waals surface area contributed by atoms with Crippen molar-refractivity contribution in [3.8, 4) is 22.3 Å². The van der Waals surface area contributed by atoms with E-state index < -0.39 is 21.5 Å². The van der Waals surface area contributed by atoms with Crippen molar-refractivity contribution in [3.05, 3.63) is 129 Å². The molecule has 4 aromatic rings. The van der Waals surface area contributed by atoms with Crippen molar-refractivity contribution in [3.63, 3.8) is 0 Å². The predicted octanol–water partition coefficient (Wildman–Crippen LogP) is 19.4. The topological polar surface area (TPSA) is 0 Å². The number of hydrogen-bond acceptors (Lipinski definition) is 0. The molecule has 3 atom stereocenters. The molecule has 8 aliphatic carbocycles. The first-order valence-electron chi connectivity index (χ1n) is 27.6. The number of hydrogen-bond donors (Lipinski definition) is 0. The molecule has 0 N–H and O–H groups in total. The Kier molecular flexibility index (Phi) is 12.1. The van der Waals surface area contributed by atoms with Gasteiger partial charge in [-0.2, -0.15) is 0 Å². The summed E-state index contributed by atoms with van der Waals surface area (Å²) in [5.74, 6) is 1.52. The van der Waals surface area contributed by atoms with Gasteiger partial charge in [-0.15, -0.1) is 0 Å². The van der Waals surface area contributed by atoms with Gasteiger partial charge in [0.2, 0.25) is 0 Å². The van der Waals surface area contributed by atoms with E-state index >= 15 is 0 Å². The fourth-order valence-electron chi connectivity index (χ4n) is 17.2. The summed E-state index contributed by atoms with van der Waals surface area (Å²) in [4.78, 5) is 0. The Morgan fingerprint density at radius 1 is 0.530 bits per heavy atom. The van der Waals surface area contributed by atoms with E-state index in [0.717, 1.165) is 23.7 Å². The number of rotatable bonds is 13. The average Bonchev–Trinajstić information content (AvgIpc) is 4.23. The third-order valence-electron chi connectivity index (χ3n) is 20.6. The van der Waals surface area contributed by atoms with Crippen molar-refractivity contribution in [2.75, 3.05) is 0 Å². The Bertz CT molecular complexity index is 2330. The van der Waals surface area contributed by atoms with Gasteiger partial charge in [0.25, 0.3) is 0 Å². The SMILES string of the molecule is CCC[SiH](C)[Zr]([Cl])([Cl])([CH]1C(CC23CCC(CC2)C3)=Cc2c(-c3ccc(C4CCCCC4)cc3)cccc21)[CH]1C(CC23CCC(CC2)C3)=Cc2c(-c3ccc(C4CCCCC4)cc3)cccc21. The van der Waals surface area contributed by atoms with Crippen LogP contribution in [0.2, 0.25) is 12.6 Å². The number of allylic oxidation sites excluding steroid dienone is 2. The van der Waals surface area contributed by atoms with Crippen LogP contribution in [-0.2, 0) is 15.6 Å². The number of fused-ring (bicyclic) bond motifs is 6. The van der Waals surface area contributed by atoms with E-state index in [0.29, 0.717) is 10.8 Å². The fourth-order valence-corrected chi connectivity index (χ4v) is 58.4. The summed E-state index contributed by atoms with van der Waals surface area (Å²) in [6, 6.07) is 35.7. The second kappa shape index (κ2) is 17.7. The maximum absolute atomic E-state index is 9.52. The van der Waals surface area contributed by atoms with E-state index in [2.05, 4.69) is 111 Å².